The van der Waals surface area contributed by atoms with Crippen molar-refractivity contribution < 1.29 is 0 Å². The highest BCUT2D eigenvalue weighted by molar-refractivity contribution is 5.31. The van der Waals surface area contributed by atoms with Crippen molar-refractivity contribution in [2.75, 3.05) is 0 Å². The maximum atomic E-state index is 6.15. The number of nitrogens with two attached hydrogens (primary N) is 1. The topological polar surface area (TPSA) is 26.0 Å². The zero-order chi connectivity index (χ0) is 10.1. The molecule has 1 fully saturated rings. The molecule has 1 aliphatic rings. The largest absolute Gasteiger partial charge is 0.324 e. The van der Waals surface area contributed by atoms with Gasteiger partial charge in [-0.3, -0.25) is 0 Å². The highest BCUT2D eigenvalue weighted by atomic mass is 14.6. The van der Waals surface area contributed by atoms with Crippen molar-refractivity contribution in [1.82, 2.24) is 0 Å². The molecule has 1 aliphatic carbocycles. The van der Waals surface area contributed by atoms with Gasteiger partial charge in [-0.05, 0) is 42.9 Å². The van der Waals surface area contributed by atoms with E-state index in [1.807, 2.05) is 0 Å². The number of hydrogen-bond donors (Lipinski definition) is 1. The van der Waals surface area contributed by atoms with E-state index >= 15 is 0 Å². The monoisotopic (exact) mass is 189 g/mol. The number of aryl methyl sites for hydroxylation is 2. The Labute approximate surface area is 86.3 Å². The Morgan fingerprint density at radius 3 is 2.57 bits per heavy atom. The number of rotatable bonds is 3. The van der Waals surface area contributed by atoms with Crippen LogP contribution in [0.15, 0.2) is 18.2 Å². The fourth-order valence-electron chi connectivity index (χ4n) is 1.84. The minimum absolute atomic E-state index is 0.252. The van der Waals surface area contributed by atoms with Gasteiger partial charge in [0, 0.05) is 6.04 Å². The highest BCUT2D eigenvalue weighted by Gasteiger charge is 2.24. The van der Waals surface area contributed by atoms with E-state index in [0.29, 0.717) is 0 Å². The first-order chi connectivity index (χ1) is 6.66. The Kier molecular flexibility index (Phi) is 2.60. The molecule has 1 saturated carbocycles. The molecule has 1 unspecified atom stereocenters. The maximum absolute atomic E-state index is 6.15. The van der Waals surface area contributed by atoms with Crippen LogP contribution in [0.4, 0.5) is 0 Å². The van der Waals surface area contributed by atoms with Crippen molar-refractivity contribution in [2.24, 2.45) is 11.7 Å². The Hall–Kier alpha value is -0.820. The van der Waals surface area contributed by atoms with Crippen LogP contribution in [-0.4, -0.2) is 0 Å². The van der Waals surface area contributed by atoms with E-state index in [-0.39, 0.29) is 6.04 Å². The third-order valence-electron chi connectivity index (χ3n) is 3.24. The van der Waals surface area contributed by atoms with Crippen molar-refractivity contribution in [2.45, 2.75) is 39.2 Å². The average Bonchev–Trinajstić information content (AvgIpc) is 2.93. The molecule has 1 nitrogen and oxygen atoms in total. The molecule has 2 N–H and O–H groups in total. The van der Waals surface area contributed by atoms with Crippen molar-refractivity contribution in [3.8, 4) is 0 Å². The molecule has 2 rings (SSSR count). The van der Waals surface area contributed by atoms with E-state index in [1.165, 1.54) is 36.0 Å². The molecule has 0 spiro atoms. The molecule has 0 amide bonds. The molecule has 0 radical (unpaired) electrons. The molecule has 1 aromatic carbocycles. The van der Waals surface area contributed by atoms with Gasteiger partial charge in [-0.2, -0.15) is 0 Å². The Morgan fingerprint density at radius 2 is 2.00 bits per heavy atom. The molecule has 0 saturated heterocycles. The predicted octanol–water partition coefficient (Wildman–Crippen LogP) is 3.10. The summed E-state index contributed by atoms with van der Waals surface area (Å²) in [5.74, 6) is 0.909. The summed E-state index contributed by atoms with van der Waals surface area (Å²) in [5, 5.41) is 0. The quantitative estimate of drug-likeness (QED) is 0.776. The second kappa shape index (κ2) is 3.74. The molecular weight excluding hydrogens is 170 g/mol. The van der Waals surface area contributed by atoms with E-state index in [0.717, 1.165) is 5.92 Å². The number of hydrogen-bond acceptors (Lipinski definition) is 1. The van der Waals surface area contributed by atoms with Gasteiger partial charge in [0.15, 0.2) is 0 Å². The van der Waals surface area contributed by atoms with Crippen LogP contribution in [0.3, 0.4) is 0 Å². The van der Waals surface area contributed by atoms with Crippen LogP contribution in [0.25, 0.3) is 0 Å². The van der Waals surface area contributed by atoms with E-state index in [4.69, 9.17) is 5.73 Å². The summed E-state index contributed by atoms with van der Waals surface area (Å²) in [5.41, 5.74) is 10.2. The van der Waals surface area contributed by atoms with Gasteiger partial charge in [-0.1, -0.05) is 31.0 Å². The molecule has 0 heterocycles. The van der Waals surface area contributed by atoms with Gasteiger partial charge in [-0.25, -0.2) is 0 Å². The van der Waals surface area contributed by atoms with Crippen LogP contribution in [-0.2, 0) is 0 Å². The summed E-state index contributed by atoms with van der Waals surface area (Å²) in [6.45, 7) is 4.30. The zero-order valence-corrected chi connectivity index (χ0v) is 9.09. The lowest BCUT2D eigenvalue weighted by molar-refractivity contribution is 0.596. The van der Waals surface area contributed by atoms with Crippen LogP contribution < -0.4 is 5.73 Å². The summed E-state index contributed by atoms with van der Waals surface area (Å²) in [4.78, 5) is 0. The zero-order valence-electron chi connectivity index (χ0n) is 9.09. The fraction of sp³-hybridized carbons (Fsp3) is 0.538. The smallest absolute Gasteiger partial charge is 0.0297 e. The molecule has 1 aromatic rings. The second-order valence-electron chi connectivity index (χ2n) is 4.63. The van der Waals surface area contributed by atoms with Crippen LogP contribution in [0.5, 0.6) is 0 Å². The Bertz CT molecular complexity index is 326. The molecule has 0 aliphatic heterocycles. The molecule has 76 valence electrons. The summed E-state index contributed by atoms with van der Waals surface area (Å²) in [7, 11) is 0. The third-order valence-corrected chi connectivity index (χ3v) is 3.24. The highest BCUT2D eigenvalue weighted by Crippen LogP contribution is 2.36. The van der Waals surface area contributed by atoms with Gasteiger partial charge in [0.1, 0.15) is 0 Å². The number of benzene rings is 1. The molecule has 1 atom stereocenters. The van der Waals surface area contributed by atoms with Gasteiger partial charge < -0.3 is 5.73 Å². The fourth-order valence-corrected chi connectivity index (χ4v) is 1.84. The first-order valence-electron chi connectivity index (χ1n) is 5.49. The molecule has 0 bridgehead atoms. The van der Waals surface area contributed by atoms with Crippen LogP contribution >= 0.6 is 0 Å². The Morgan fingerprint density at radius 1 is 1.29 bits per heavy atom. The summed E-state index contributed by atoms with van der Waals surface area (Å²) < 4.78 is 0. The minimum atomic E-state index is 0.252. The van der Waals surface area contributed by atoms with Gasteiger partial charge >= 0.3 is 0 Å². The lowest BCUT2D eigenvalue weighted by Gasteiger charge is -2.13. The summed E-state index contributed by atoms with van der Waals surface area (Å²) in [6, 6.07) is 6.84. The molecule has 0 aromatic heterocycles. The van der Waals surface area contributed by atoms with Gasteiger partial charge in [-0.15, -0.1) is 0 Å². The predicted molar refractivity (Wildman–Crippen MR) is 60.2 cm³/mol. The van der Waals surface area contributed by atoms with Crippen molar-refractivity contribution >= 4 is 0 Å². The van der Waals surface area contributed by atoms with Crippen LogP contribution in [0, 0.1) is 19.8 Å². The van der Waals surface area contributed by atoms with E-state index < -0.39 is 0 Å². The SMILES string of the molecule is Cc1ccc(C(N)CC2CC2)cc1C. The second-order valence-corrected chi connectivity index (χ2v) is 4.63. The van der Waals surface area contributed by atoms with Gasteiger partial charge in [0.05, 0.1) is 0 Å². The first kappa shape index (κ1) is 9.72. The lowest BCUT2D eigenvalue weighted by atomic mass is 9.98. The van der Waals surface area contributed by atoms with E-state index in [9.17, 15) is 0 Å². The Balaban J connectivity index is 2.10. The molecule has 14 heavy (non-hydrogen) atoms. The average molecular weight is 189 g/mol. The standard InChI is InChI=1S/C13H19N/c1-9-3-6-12(7-10(9)2)13(14)8-11-4-5-11/h3,6-7,11,13H,4-5,8,14H2,1-2H3. The van der Waals surface area contributed by atoms with E-state index in [1.54, 1.807) is 0 Å². The maximum Gasteiger partial charge on any atom is 0.0297 e. The first-order valence-corrected chi connectivity index (χ1v) is 5.49. The molecule has 1 heteroatoms. The minimum Gasteiger partial charge on any atom is -0.324 e. The van der Waals surface area contributed by atoms with Gasteiger partial charge in [0.25, 0.3) is 0 Å². The molecular formula is C13H19N. The van der Waals surface area contributed by atoms with Crippen LogP contribution in [0.1, 0.15) is 42.0 Å². The summed E-state index contributed by atoms with van der Waals surface area (Å²) in [6.07, 6.45) is 3.94. The van der Waals surface area contributed by atoms with Crippen molar-refractivity contribution in [3.63, 3.8) is 0 Å². The van der Waals surface area contributed by atoms with Crippen LogP contribution in [0.2, 0.25) is 0 Å². The summed E-state index contributed by atoms with van der Waals surface area (Å²) >= 11 is 0. The normalized spacial score (nSPS) is 18.2. The van der Waals surface area contributed by atoms with E-state index in [2.05, 4.69) is 32.0 Å². The van der Waals surface area contributed by atoms with Gasteiger partial charge in [0.2, 0.25) is 0 Å². The van der Waals surface area contributed by atoms with Crippen molar-refractivity contribution in [1.29, 1.82) is 0 Å². The lowest BCUT2D eigenvalue weighted by Crippen LogP contribution is -2.11. The van der Waals surface area contributed by atoms with Crippen molar-refractivity contribution in [3.05, 3.63) is 34.9 Å². The third kappa shape index (κ3) is 2.16.